The molecule has 0 saturated carbocycles. The number of aryl methyl sites for hydroxylation is 1. The number of thiazole rings is 1. The van der Waals surface area contributed by atoms with Gasteiger partial charge in [0.05, 0.1) is 5.69 Å². The van der Waals surface area contributed by atoms with Crippen LogP contribution in [-0.4, -0.2) is 10.9 Å². The highest BCUT2D eigenvalue weighted by Gasteiger charge is 2.07. The summed E-state index contributed by atoms with van der Waals surface area (Å²) in [5.41, 5.74) is 1.27. The first-order valence-corrected chi connectivity index (χ1v) is 5.52. The lowest BCUT2D eigenvalue weighted by Gasteiger charge is -2.00. The predicted octanol–water partition coefficient (Wildman–Crippen LogP) is 2.84. The van der Waals surface area contributed by atoms with Gasteiger partial charge in [0.15, 0.2) is 5.13 Å². The number of halogens is 1. The topological polar surface area (TPSA) is 42.0 Å². The predicted molar refractivity (Wildman–Crippen MR) is 61.2 cm³/mol. The van der Waals surface area contributed by atoms with Crippen molar-refractivity contribution >= 4 is 22.4 Å². The third-order valence-electron chi connectivity index (χ3n) is 1.95. The van der Waals surface area contributed by atoms with Crippen molar-refractivity contribution in [2.24, 2.45) is 0 Å². The summed E-state index contributed by atoms with van der Waals surface area (Å²) >= 11 is 1.36. The minimum Gasteiger partial charge on any atom is -0.298 e. The van der Waals surface area contributed by atoms with E-state index in [4.69, 9.17) is 0 Å². The minimum absolute atomic E-state index is 0.283. The summed E-state index contributed by atoms with van der Waals surface area (Å²) in [4.78, 5) is 15.8. The van der Waals surface area contributed by atoms with Crippen molar-refractivity contribution in [3.63, 3.8) is 0 Å². The third kappa shape index (κ3) is 2.43. The van der Waals surface area contributed by atoms with E-state index in [0.29, 0.717) is 10.7 Å². The van der Waals surface area contributed by atoms with E-state index in [-0.39, 0.29) is 11.7 Å². The molecule has 1 N–H and O–H groups in total. The van der Waals surface area contributed by atoms with E-state index in [0.717, 1.165) is 5.69 Å². The molecule has 0 aliphatic carbocycles. The van der Waals surface area contributed by atoms with Gasteiger partial charge >= 0.3 is 0 Å². The smallest absolute Gasteiger partial charge is 0.257 e. The lowest BCUT2D eigenvalue weighted by atomic mass is 10.2. The number of anilines is 1. The summed E-state index contributed by atoms with van der Waals surface area (Å²) in [6.07, 6.45) is 0. The van der Waals surface area contributed by atoms with Crippen LogP contribution in [0.5, 0.6) is 0 Å². The summed E-state index contributed by atoms with van der Waals surface area (Å²) in [5, 5.41) is 5.04. The Hall–Kier alpha value is -1.75. The Morgan fingerprint density at radius 3 is 2.62 bits per heavy atom. The number of carbonyl (C=O) groups is 1. The maximum Gasteiger partial charge on any atom is 0.257 e. The van der Waals surface area contributed by atoms with Crippen LogP contribution >= 0.6 is 11.3 Å². The summed E-state index contributed by atoms with van der Waals surface area (Å²) in [7, 11) is 0. The second-order valence-corrected chi connectivity index (χ2v) is 4.11. The first-order chi connectivity index (χ1) is 7.65. The van der Waals surface area contributed by atoms with Crippen LogP contribution in [0.4, 0.5) is 9.52 Å². The van der Waals surface area contributed by atoms with Crippen molar-refractivity contribution in [2.75, 3.05) is 5.32 Å². The number of rotatable bonds is 2. The Labute approximate surface area is 96.0 Å². The molecule has 0 atom stereocenters. The number of aromatic nitrogens is 1. The van der Waals surface area contributed by atoms with Crippen LogP contribution in [0.2, 0.25) is 0 Å². The second kappa shape index (κ2) is 4.40. The highest BCUT2D eigenvalue weighted by Crippen LogP contribution is 2.15. The fraction of sp³-hybridized carbons (Fsp3) is 0.0909. The number of carbonyl (C=O) groups excluding carboxylic acids is 1. The van der Waals surface area contributed by atoms with Crippen LogP contribution in [0.25, 0.3) is 0 Å². The van der Waals surface area contributed by atoms with Gasteiger partial charge in [0.2, 0.25) is 0 Å². The molecule has 1 heterocycles. The largest absolute Gasteiger partial charge is 0.298 e. The number of hydrogen-bond donors (Lipinski definition) is 1. The van der Waals surface area contributed by atoms with E-state index in [9.17, 15) is 9.18 Å². The van der Waals surface area contributed by atoms with E-state index in [1.165, 1.54) is 35.6 Å². The maximum absolute atomic E-state index is 12.6. The average molecular weight is 236 g/mol. The van der Waals surface area contributed by atoms with E-state index in [2.05, 4.69) is 10.3 Å². The summed E-state index contributed by atoms with van der Waals surface area (Å²) in [5.74, 6) is -0.643. The second-order valence-electron chi connectivity index (χ2n) is 3.26. The van der Waals surface area contributed by atoms with Crippen LogP contribution in [-0.2, 0) is 0 Å². The fourth-order valence-corrected chi connectivity index (χ4v) is 1.87. The number of hydrogen-bond acceptors (Lipinski definition) is 3. The molecular weight excluding hydrogens is 227 g/mol. The lowest BCUT2D eigenvalue weighted by molar-refractivity contribution is 0.102. The molecule has 0 aliphatic rings. The zero-order chi connectivity index (χ0) is 11.5. The SMILES string of the molecule is Cc1csc(NC(=O)c2ccc(F)cc2)n1. The molecule has 1 aromatic carbocycles. The fourth-order valence-electron chi connectivity index (χ4n) is 1.18. The molecule has 0 saturated heterocycles. The zero-order valence-corrected chi connectivity index (χ0v) is 9.34. The number of nitrogens with zero attached hydrogens (tertiary/aromatic N) is 1. The Bertz CT molecular complexity index is 507. The molecule has 5 heteroatoms. The Balaban J connectivity index is 2.11. The van der Waals surface area contributed by atoms with Crippen LogP contribution < -0.4 is 5.32 Å². The molecular formula is C11H9FN2OS. The molecule has 0 bridgehead atoms. The molecule has 0 aliphatic heterocycles. The molecule has 2 rings (SSSR count). The van der Waals surface area contributed by atoms with Crippen molar-refractivity contribution in [3.8, 4) is 0 Å². The standard InChI is InChI=1S/C11H9FN2OS/c1-7-6-16-11(13-7)14-10(15)8-2-4-9(12)5-3-8/h2-6H,1H3,(H,13,14,15). The minimum atomic E-state index is -0.360. The lowest BCUT2D eigenvalue weighted by Crippen LogP contribution is -2.11. The first-order valence-electron chi connectivity index (χ1n) is 4.64. The number of benzene rings is 1. The maximum atomic E-state index is 12.6. The van der Waals surface area contributed by atoms with E-state index >= 15 is 0 Å². The molecule has 0 fully saturated rings. The highest BCUT2D eigenvalue weighted by molar-refractivity contribution is 7.13. The Morgan fingerprint density at radius 1 is 1.38 bits per heavy atom. The summed E-state index contributed by atoms with van der Waals surface area (Å²) < 4.78 is 12.6. The summed E-state index contributed by atoms with van der Waals surface area (Å²) in [6, 6.07) is 5.38. The van der Waals surface area contributed by atoms with Gasteiger partial charge < -0.3 is 0 Å². The van der Waals surface area contributed by atoms with E-state index in [1.807, 2.05) is 12.3 Å². The van der Waals surface area contributed by atoms with Crippen LogP contribution in [0, 0.1) is 12.7 Å². The van der Waals surface area contributed by atoms with Gasteiger partial charge in [-0.15, -0.1) is 11.3 Å². The molecule has 1 amide bonds. The third-order valence-corrected chi connectivity index (χ3v) is 2.82. The van der Waals surface area contributed by atoms with E-state index < -0.39 is 0 Å². The van der Waals surface area contributed by atoms with Crippen molar-refractivity contribution in [1.82, 2.24) is 4.98 Å². The number of nitrogens with one attached hydrogen (secondary N) is 1. The molecule has 0 spiro atoms. The molecule has 1 aromatic heterocycles. The zero-order valence-electron chi connectivity index (χ0n) is 8.53. The molecule has 16 heavy (non-hydrogen) atoms. The number of amides is 1. The summed E-state index contributed by atoms with van der Waals surface area (Å²) in [6.45, 7) is 1.85. The van der Waals surface area contributed by atoms with Gasteiger partial charge in [-0.3, -0.25) is 10.1 Å². The first kappa shape index (κ1) is 10.8. The Morgan fingerprint density at radius 2 is 2.06 bits per heavy atom. The van der Waals surface area contributed by atoms with Gasteiger partial charge in [-0.2, -0.15) is 0 Å². The van der Waals surface area contributed by atoms with E-state index in [1.54, 1.807) is 0 Å². The quantitative estimate of drug-likeness (QED) is 0.871. The average Bonchev–Trinajstić information content (AvgIpc) is 2.65. The van der Waals surface area contributed by atoms with Crippen LogP contribution in [0.15, 0.2) is 29.6 Å². The van der Waals surface area contributed by atoms with Gasteiger partial charge in [0.25, 0.3) is 5.91 Å². The monoisotopic (exact) mass is 236 g/mol. The van der Waals surface area contributed by atoms with Crippen molar-refractivity contribution in [2.45, 2.75) is 6.92 Å². The van der Waals surface area contributed by atoms with Crippen molar-refractivity contribution in [3.05, 3.63) is 46.7 Å². The normalized spacial score (nSPS) is 10.1. The van der Waals surface area contributed by atoms with Crippen molar-refractivity contribution < 1.29 is 9.18 Å². The molecule has 0 unspecified atom stereocenters. The van der Waals surface area contributed by atoms with Gasteiger partial charge in [-0.1, -0.05) is 0 Å². The van der Waals surface area contributed by atoms with Crippen LogP contribution in [0.1, 0.15) is 16.1 Å². The van der Waals surface area contributed by atoms with Gasteiger partial charge in [0, 0.05) is 10.9 Å². The van der Waals surface area contributed by atoms with Gasteiger partial charge in [-0.25, -0.2) is 9.37 Å². The molecule has 0 radical (unpaired) electrons. The molecule has 2 aromatic rings. The highest BCUT2D eigenvalue weighted by atomic mass is 32.1. The van der Waals surface area contributed by atoms with Gasteiger partial charge in [-0.05, 0) is 31.2 Å². The van der Waals surface area contributed by atoms with Crippen LogP contribution in [0.3, 0.4) is 0 Å². The van der Waals surface area contributed by atoms with Gasteiger partial charge in [0.1, 0.15) is 5.82 Å². The molecule has 3 nitrogen and oxygen atoms in total. The Kier molecular flexibility index (Phi) is 2.96. The molecule has 82 valence electrons. The van der Waals surface area contributed by atoms with Crippen molar-refractivity contribution in [1.29, 1.82) is 0 Å².